The summed E-state index contributed by atoms with van der Waals surface area (Å²) >= 11 is 1.71. The molecule has 1 aromatic carbocycles. The molecule has 4 rings (SSSR count). The van der Waals surface area contributed by atoms with Gasteiger partial charge in [0.05, 0.1) is 12.0 Å². The van der Waals surface area contributed by atoms with Crippen molar-refractivity contribution >= 4 is 33.1 Å². The summed E-state index contributed by atoms with van der Waals surface area (Å²) in [6.45, 7) is 3.52. The third-order valence-electron chi connectivity index (χ3n) is 5.18. The van der Waals surface area contributed by atoms with Crippen LogP contribution in [0.1, 0.15) is 31.4 Å². The van der Waals surface area contributed by atoms with E-state index < -0.39 is 0 Å². The predicted molar refractivity (Wildman–Crippen MR) is 108 cm³/mol. The molecule has 2 unspecified atom stereocenters. The Labute approximate surface area is 162 Å². The highest BCUT2D eigenvalue weighted by molar-refractivity contribution is 7.17. The highest BCUT2D eigenvalue weighted by Crippen LogP contribution is 2.31. The van der Waals surface area contributed by atoms with Crippen LogP contribution in [0.3, 0.4) is 0 Å². The monoisotopic (exact) mass is 383 g/mol. The number of pyridine rings is 1. The molecule has 0 radical (unpaired) electrons. The van der Waals surface area contributed by atoms with Gasteiger partial charge >= 0.3 is 0 Å². The number of fused-ring (bicyclic) bond motifs is 1. The first-order valence-electron chi connectivity index (χ1n) is 9.25. The van der Waals surface area contributed by atoms with Crippen molar-refractivity contribution in [3.8, 4) is 0 Å². The van der Waals surface area contributed by atoms with Gasteiger partial charge in [-0.15, -0.1) is 11.3 Å². The van der Waals surface area contributed by atoms with Gasteiger partial charge < -0.3 is 10.2 Å². The van der Waals surface area contributed by atoms with Gasteiger partial charge in [-0.2, -0.15) is 0 Å². The van der Waals surface area contributed by atoms with Crippen molar-refractivity contribution in [1.29, 1.82) is 0 Å². The molecule has 1 N–H and O–H groups in total. The van der Waals surface area contributed by atoms with Crippen molar-refractivity contribution in [1.82, 2.24) is 10.3 Å². The summed E-state index contributed by atoms with van der Waals surface area (Å²) in [7, 11) is 0. The largest absolute Gasteiger partial charge is 0.355 e. The number of thiophene rings is 1. The van der Waals surface area contributed by atoms with Crippen LogP contribution in [0, 0.1) is 11.7 Å². The Morgan fingerprint density at radius 3 is 2.93 bits per heavy atom. The number of nitrogens with one attached hydrogen (secondary N) is 1. The van der Waals surface area contributed by atoms with E-state index in [1.54, 1.807) is 23.5 Å². The zero-order valence-corrected chi connectivity index (χ0v) is 16.0. The van der Waals surface area contributed by atoms with E-state index in [0.717, 1.165) is 36.2 Å². The van der Waals surface area contributed by atoms with Crippen LogP contribution < -0.4 is 10.2 Å². The maximum Gasteiger partial charge on any atom is 0.225 e. The van der Waals surface area contributed by atoms with Gasteiger partial charge in [0.1, 0.15) is 11.6 Å². The van der Waals surface area contributed by atoms with Crippen molar-refractivity contribution < 1.29 is 9.18 Å². The average Bonchev–Trinajstić information content (AvgIpc) is 3.17. The maximum absolute atomic E-state index is 13.1. The lowest BCUT2D eigenvalue weighted by Gasteiger charge is -2.33. The fourth-order valence-corrected chi connectivity index (χ4v) is 4.46. The molecule has 3 aromatic rings. The lowest BCUT2D eigenvalue weighted by Crippen LogP contribution is -2.44. The van der Waals surface area contributed by atoms with Crippen LogP contribution in [0.2, 0.25) is 0 Å². The molecule has 3 heterocycles. The molecule has 1 aliphatic rings. The van der Waals surface area contributed by atoms with E-state index in [1.165, 1.54) is 16.8 Å². The van der Waals surface area contributed by atoms with Gasteiger partial charge in [0.25, 0.3) is 0 Å². The smallest absolute Gasteiger partial charge is 0.225 e. The molecule has 0 saturated carbocycles. The fourth-order valence-electron chi connectivity index (χ4n) is 3.68. The molecule has 0 aliphatic carbocycles. The zero-order chi connectivity index (χ0) is 18.8. The number of anilines is 1. The topological polar surface area (TPSA) is 45.2 Å². The van der Waals surface area contributed by atoms with Crippen molar-refractivity contribution in [2.24, 2.45) is 5.92 Å². The van der Waals surface area contributed by atoms with Gasteiger partial charge in [0.2, 0.25) is 5.91 Å². The second-order valence-electron chi connectivity index (χ2n) is 7.03. The third-order valence-corrected chi connectivity index (χ3v) is 6.06. The van der Waals surface area contributed by atoms with Gasteiger partial charge in [0.15, 0.2) is 0 Å². The molecule has 1 saturated heterocycles. The van der Waals surface area contributed by atoms with Crippen molar-refractivity contribution in [2.75, 3.05) is 18.0 Å². The van der Waals surface area contributed by atoms with Crippen molar-refractivity contribution in [3.05, 3.63) is 59.4 Å². The maximum atomic E-state index is 13.1. The molecular weight excluding hydrogens is 361 g/mol. The Balaban J connectivity index is 1.45. The second-order valence-corrected chi connectivity index (χ2v) is 7.98. The number of benzene rings is 1. The van der Waals surface area contributed by atoms with E-state index in [4.69, 9.17) is 0 Å². The Morgan fingerprint density at radius 1 is 1.30 bits per heavy atom. The van der Waals surface area contributed by atoms with Gasteiger partial charge in [-0.05, 0) is 55.0 Å². The number of aromatic nitrogens is 1. The Kier molecular flexibility index (Phi) is 5.07. The van der Waals surface area contributed by atoms with Crippen LogP contribution >= 0.6 is 11.3 Å². The van der Waals surface area contributed by atoms with Crippen LogP contribution in [-0.4, -0.2) is 24.0 Å². The Morgan fingerprint density at radius 2 is 2.11 bits per heavy atom. The summed E-state index contributed by atoms with van der Waals surface area (Å²) in [5, 5.41) is 6.32. The zero-order valence-electron chi connectivity index (χ0n) is 15.2. The van der Waals surface area contributed by atoms with Crippen LogP contribution in [0.5, 0.6) is 0 Å². The quantitative estimate of drug-likeness (QED) is 0.720. The van der Waals surface area contributed by atoms with Crippen LogP contribution in [-0.2, 0) is 4.79 Å². The van der Waals surface area contributed by atoms with Gasteiger partial charge in [-0.3, -0.25) is 4.79 Å². The number of hydrogen-bond donors (Lipinski definition) is 1. The highest BCUT2D eigenvalue weighted by atomic mass is 32.1. The summed E-state index contributed by atoms with van der Waals surface area (Å²) in [5.41, 5.74) is 0.905. The molecule has 6 heteroatoms. The molecule has 4 nitrogen and oxygen atoms in total. The van der Waals surface area contributed by atoms with E-state index in [0.29, 0.717) is 6.54 Å². The summed E-state index contributed by atoms with van der Waals surface area (Å²) in [6.07, 6.45) is 3.68. The van der Waals surface area contributed by atoms with E-state index >= 15 is 0 Å². The van der Waals surface area contributed by atoms with Gasteiger partial charge in [0, 0.05) is 29.4 Å². The number of rotatable bonds is 4. The summed E-state index contributed by atoms with van der Waals surface area (Å²) in [6, 6.07) is 10.3. The molecular formula is C21H22FN3OS. The Bertz CT molecular complexity index is 940. The minimum Gasteiger partial charge on any atom is -0.355 e. The molecule has 2 aromatic heterocycles. The normalized spacial score (nSPS) is 18.4. The highest BCUT2D eigenvalue weighted by Gasteiger charge is 2.28. The molecule has 1 aliphatic heterocycles. The number of piperidine rings is 1. The molecule has 1 fully saturated rings. The first-order chi connectivity index (χ1) is 13.1. The van der Waals surface area contributed by atoms with Crippen LogP contribution in [0.15, 0.2) is 48.0 Å². The predicted octanol–water partition coefficient (Wildman–Crippen LogP) is 4.53. The van der Waals surface area contributed by atoms with Gasteiger partial charge in [-0.25, -0.2) is 9.37 Å². The van der Waals surface area contributed by atoms with Gasteiger partial charge in [-0.1, -0.05) is 12.1 Å². The van der Waals surface area contributed by atoms with E-state index in [1.807, 2.05) is 19.2 Å². The summed E-state index contributed by atoms with van der Waals surface area (Å²) in [4.78, 5) is 19.6. The van der Waals surface area contributed by atoms with Crippen LogP contribution in [0.25, 0.3) is 10.1 Å². The van der Waals surface area contributed by atoms with E-state index in [2.05, 4.69) is 26.6 Å². The van der Waals surface area contributed by atoms with E-state index in [9.17, 15) is 9.18 Å². The SMILES string of the molecule is CC(NC(=O)C1CCCN(c2nccc3sccc23)C1)c1ccc(F)cc1. The average molecular weight is 383 g/mol. The number of carbonyl (C=O) groups excluding carboxylic acids is 1. The molecule has 0 bridgehead atoms. The second kappa shape index (κ2) is 7.64. The summed E-state index contributed by atoms with van der Waals surface area (Å²) < 4.78 is 14.3. The molecule has 0 spiro atoms. The molecule has 140 valence electrons. The van der Waals surface area contributed by atoms with Crippen molar-refractivity contribution in [3.63, 3.8) is 0 Å². The number of hydrogen-bond acceptors (Lipinski definition) is 4. The first kappa shape index (κ1) is 17.9. The molecule has 1 amide bonds. The minimum absolute atomic E-state index is 0.0500. The lowest BCUT2D eigenvalue weighted by atomic mass is 9.96. The summed E-state index contributed by atoms with van der Waals surface area (Å²) in [5.74, 6) is 0.680. The number of nitrogens with zero attached hydrogens (tertiary/aromatic N) is 2. The standard InChI is InChI=1S/C21H22FN3OS/c1-14(15-4-6-17(22)7-5-15)24-21(26)16-3-2-11-25(13-16)20-18-9-12-27-19(18)8-10-23-20/h4-10,12,14,16H,2-3,11,13H2,1H3,(H,24,26). The first-order valence-corrected chi connectivity index (χ1v) is 10.1. The minimum atomic E-state index is -0.268. The molecule has 2 atom stereocenters. The number of carbonyl (C=O) groups is 1. The molecule has 27 heavy (non-hydrogen) atoms. The Hall–Kier alpha value is -2.47. The number of halogens is 1. The van der Waals surface area contributed by atoms with Crippen LogP contribution in [0.4, 0.5) is 10.2 Å². The van der Waals surface area contributed by atoms with E-state index in [-0.39, 0.29) is 23.7 Å². The number of amides is 1. The fraction of sp³-hybridized carbons (Fsp3) is 0.333. The lowest BCUT2D eigenvalue weighted by molar-refractivity contribution is -0.125. The van der Waals surface area contributed by atoms with Crippen molar-refractivity contribution in [2.45, 2.75) is 25.8 Å². The third kappa shape index (κ3) is 3.81.